The summed E-state index contributed by atoms with van der Waals surface area (Å²) in [5.74, 6) is 0.870. The topological polar surface area (TPSA) is 18.5 Å². The average molecular weight is 170 g/mol. The number of hydrogen-bond donors (Lipinski definition) is 0. The highest BCUT2D eigenvalue weighted by atomic mass is 31.0. The van der Waals surface area contributed by atoms with E-state index in [4.69, 9.17) is 9.26 Å². The van der Waals surface area contributed by atoms with Crippen molar-refractivity contribution in [2.75, 3.05) is 7.11 Å². The third-order valence-corrected chi connectivity index (χ3v) is 1.60. The molecule has 11 heavy (non-hydrogen) atoms. The molecule has 0 aliphatic carbocycles. The van der Waals surface area contributed by atoms with Crippen LogP contribution in [-0.4, -0.2) is 7.11 Å². The standard InChI is InChI=1S/C8H11O2P/c1-9-8-5-3-2-4-7(8)6-10-11/h2-5H,6,11H2,1H3. The highest BCUT2D eigenvalue weighted by Crippen LogP contribution is 2.18. The van der Waals surface area contributed by atoms with Crippen LogP contribution in [0.15, 0.2) is 24.3 Å². The lowest BCUT2D eigenvalue weighted by Crippen LogP contribution is -1.90. The van der Waals surface area contributed by atoms with E-state index in [1.807, 2.05) is 24.3 Å². The Balaban J connectivity index is 2.83. The molecule has 0 aliphatic heterocycles. The SMILES string of the molecule is COc1ccccc1COP. The first-order valence-corrected chi connectivity index (χ1v) is 3.79. The molecule has 2 nitrogen and oxygen atoms in total. The molecule has 0 aromatic heterocycles. The minimum atomic E-state index is 0.564. The minimum Gasteiger partial charge on any atom is -0.496 e. The monoisotopic (exact) mass is 170 g/mol. The van der Waals surface area contributed by atoms with Crippen molar-refractivity contribution in [1.29, 1.82) is 0 Å². The van der Waals surface area contributed by atoms with Crippen molar-refractivity contribution in [2.24, 2.45) is 0 Å². The van der Waals surface area contributed by atoms with E-state index in [0.29, 0.717) is 6.61 Å². The van der Waals surface area contributed by atoms with Gasteiger partial charge in [0.2, 0.25) is 0 Å². The maximum atomic E-state index is 5.11. The lowest BCUT2D eigenvalue weighted by Gasteiger charge is -2.05. The Hall–Kier alpha value is -0.590. The molecular weight excluding hydrogens is 159 g/mol. The fourth-order valence-electron chi connectivity index (χ4n) is 0.912. The summed E-state index contributed by atoms with van der Waals surface area (Å²) in [4.78, 5) is 0. The quantitative estimate of drug-likeness (QED) is 0.646. The number of para-hydroxylation sites is 1. The highest BCUT2D eigenvalue weighted by molar-refractivity contribution is 7.09. The van der Waals surface area contributed by atoms with Crippen LogP contribution in [-0.2, 0) is 11.1 Å². The Morgan fingerprint density at radius 3 is 2.73 bits per heavy atom. The molecular formula is C8H11O2P. The first kappa shape index (κ1) is 8.51. The van der Waals surface area contributed by atoms with Gasteiger partial charge in [0, 0.05) is 15.0 Å². The van der Waals surface area contributed by atoms with Gasteiger partial charge in [-0.3, -0.25) is 0 Å². The summed E-state index contributed by atoms with van der Waals surface area (Å²) in [5.41, 5.74) is 1.06. The summed E-state index contributed by atoms with van der Waals surface area (Å²) in [6, 6.07) is 7.79. The highest BCUT2D eigenvalue weighted by Gasteiger charge is 1.98. The lowest BCUT2D eigenvalue weighted by molar-refractivity contribution is 0.342. The van der Waals surface area contributed by atoms with E-state index < -0.39 is 0 Å². The molecule has 0 heterocycles. The van der Waals surface area contributed by atoms with Crippen LogP contribution in [0.4, 0.5) is 0 Å². The van der Waals surface area contributed by atoms with Crippen LogP contribution in [0.2, 0.25) is 0 Å². The third-order valence-electron chi connectivity index (χ3n) is 1.43. The largest absolute Gasteiger partial charge is 0.496 e. The van der Waals surface area contributed by atoms with Gasteiger partial charge in [-0.05, 0) is 6.07 Å². The Morgan fingerprint density at radius 1 is 1.36 bits per heavy atom. The fraction of sp³-hybridized carbons (Fsp3) is 0.250. The fourth-order valence-corrected chi connectivity index (χ4v) is 1.09. The van der Waals surface area contributed by atoms with Crippen LogP contribution in [0.5, 0.6) is 5.75 Å². The van der Waals surface area contributed by atoms with Crippen molar-refractivity contribution in [3.05, 3.63) is 29.8 Å². The van der Waals surface area contributed by atoms with Crippen LogP contribution in [0.3, 0.4) is 0 Å². The van der Waals surface area contributed by atoms with E-state index in [-0.39, 0.29) is 0 Å². The first-order valence-electron chi connectivity index (χ1n) is 3.32. The second-order valence-electron chi connectivity index (χ2n) is 2.12. The van der Waals surface area contributed by atoms with Gasteiger partial charge in [0.15, 0.2) is 0 Å². The lowest BCUT2D eigenvalue weighted by atomic mass is 10.2. The predicted octanol–water partition coefficient (Wildman–Crippen LogP) is 2.00. The third kappa shape index (κ3) is 2.18. The van der Waals surface area contributed by atoms with Crippen LogP contribution in [0.1, 0.15) is 5.56 Å². The molecule has 1 unspecified atom stereocenters. The van der Waals surface area contributed by atoms with Crippen molar-refractivity contribution in [3.63, 3.8) is 0 Å². The number of ether oxygens (including phenoxy) is 1. The van der Waals surface area contributed by atoms with E-state index >= 15 is 0 Å². The Bertz CT molecular complexity index is 225. The maximum Gasteiger partial charge on any atom is 0.124 e. The molecule has 60 valence electrons. The van der Waals surface area contributed by atoms with E-state index in [0.717, 1.165) is 11.3 Å². The van der Waals surface area contributed by atoms with Gasteiger partial charge in [-0.1, -0.05) is 18.2 Å². The zero-order valence-corrected chi connectivity index (χ0v) is 7.57. The molecule has 0 fully saturated rings. The summed E-state index contributed by atoms with van der Waals surface area (Å²) < 4.78 is 10.0. The van der Waals surface area contributed by atoms with Crippen LogP contribution >= 0.6 is 9.47 Å². The van der Waals surface area contributed by atoms with Gasteiger partial charge in [0.1, 0.15) is 5.75 Å². The molecule has 0 radical (unpaired) electrons. The van der Waals surface area contributed by atoms with Crippen molar-refractivity contribution in [3.8, 4) is 5.75 Å². The summed E-state index contributed by atoms with van der Waals surface area (Å²) in [6.45, 7) is 0.564. The molecule has 0 N–H and O–H groups in total. The molecule has 0 bridgehead atoms. The van der Waals surface area contributed by atoms with Crippen molar-refractivity contribution in [1.82, 2.24) is 0 Å². The van der Waals surface area contributed by atoms with Gasteiger partial charge < -0.3 is 9.26 Å². The van der Waals surface area contributed by atoms with E-state index in [1.54, 1.807) is 7.11 Å². The maximum absolute atomic E-state index is 5.11. The van der Waals surface area contributed by atoms with E-state index in [1.165, 1.54) is 0 Å². The van der Waals surface area contributed by atoms with E-state index in [2.05, 4.69) is 9.47 Å². The van der Waals surface area contributed by atoms with Gasteiger partial charge >= 0.3 is 0 Å². The molecule has 0 saturated heterocycles. The zero-order valence-electron chi connectivity index (χ0n) is 6.41. The molecule has 1 aromatic rings. The summed E-state index contributed by atoms with van der Waals surface area (Å²) in [6.07, 6.45) is 0. The van der Waals surface area contributed by atoms with Crippen LogP contribution < -0.4 is 4.74 Å². The minimum absolute atomic E-state index is 0.564. The number of benzene rings is 1. The molecule has 0 aliphatic rings. The van der Waals surface area contributed by atoms with Gasteiger partial charge in [0.25, 0.3) is 0 Å². The Labute approximate surface area is 68.8 Å². The predicted molar refractivity (Wildman–Crippen MR) is 47.5 cm³/mol. The van der Waals surface area contributed by atoms with Crippen molar-refractivity contribution >= 4 is 9.47 Å². The molecule has 0 amide bonds. The second kappa shape index (κ2) is 4.32. The van der Waals surface area contributed by atoms with Gasteiger partial charge in [0.05, 0.1) is 13.7 Å². The average Bonchev–Trinajstić information content (AvgIpc) is 2.06. The molecule has 1 aromatic carbocycles. The summed E-state index contributed by atoms with van der Waals surface area (Å²) >= 11 is 0. The molecule has 3 heteroatoms. The van der Waals surface area contributed by atoms with Gasteiger partial charge in [-0.15, -0.1) is 0 Å². The van der Waals surface area contributed by atoms with E-state index in [9.17, 15) is 0 Å². The van der Waals surface area contributed by atoms with Crippen LogP contribution in [0, 0.1) is 0 Å². The number of rotatable bonds is 3. The van der Waals surface area contributed by atoms with Gasteiger partial charge in [-0.2, -0.15) is 0 Å². The molecule has 0 saturated carbocycles. The van der Waals surface area contributed by atoms with Crippen molar-refractivity contribution in [2.45, 2.75) is 6.61 Å². The van der Waals surface area contributed by atoms with Crippen molar-refractivity contribution < 1.29 is 9.26 Å². The summed E-state index contributed by atoms with van der Waals surface area (Å²) in [7, 11) is 3.87. The summed E-state index contributed by atoms with van der Waals surface area (Å²) in [5, 5.41) is 0. The number of methoxy groups -OCH3 is 1. The second-order valence-corrected chi connectivity index (χ2v) is 2.46. The smallest absolute Gasteiger partial charge is 0.124 e. The van der Waals surface area contributed by atoms with Crippen LogP contribution in [0.25, 0.3) is 0 Å². The number of hydrogen-bond acceptors (Lipinski definition) is 2. The normalized spacial score (nSPS) is 9.64. The van der Waals surface area contributed by atoms with Gasteiger partial charge in [-0.25, -0.2) is 0 Å². The Kier molecular flexibility index (Phi) is 3.34. The zero-order chi connectivity index (χ0) is 8.10. The molecule has 0 spiro atoms. The Morgan fingerprint density at radius 2 is 2.09 bits per heavy atom. The molecule has 1 rings (SSSR count). The first-order chi connectivity index (χ1) is 5.38. The molecule has 1 atom stereocenters.